The molecule has 0 fully saturated rings. The third-order valence-electron chi connectivity index (χ3n) is 4.77. The molecular weight excluding hydrogens is 379 g/mol. The number of aliphatic hydroxyl groups excluding tert-OH is 1. The van der Waals surface area contributed by atoms with Crippen LogP contribution in [0.4, 0.5) is 4.39 Å². The van der Waals surface area contributed by atoms with E-state index in [4.69, 9.17) is 16.3 Å². The van der Waals surface area contributed by atoms with Gasteiger partial charge < -0.3 is 9.84 Å². The number of carbonyl (C=O) groups is 1. The minimum absolute atomic E-state index is 0.194. The molecule has 0 aromatic heterocycles. The van der Waals surface area contributed by atoms with Gasteiger partial charge in [0.15, 0.2) is 5.78 Å². The van der Waals surface area contributed by atoms with Gasteiger partial charge in [0.1, 0.15) is 23.1 Å². The molecule has 140 valence electrons. The van der Waals surface area contributed by atoms with Crippen molar-refractivity contribution in [3.05, 3.63) is 99.8 Å². The van der Waals surface area contributed by atoms with Crippen LogP contribution in [0.3, 0.4) is 0 Å². The van der Waals surface area contributed by atoms with E-state index in [0.717, 1.165) is 5.56 Å². The number of benzene rings is 3. The van der Waals surface area contributed by atoms with Crippen molar-refractivity contribution in [2.45, 2.75) is 12.8 Å². The predicted molar refractivity (Wildman–Crippen MR) is 106 cm³/mol. The molecular formula is C23H16ClFO3. The number of hydrogen-bond donors (Lipinski definition) is 1. The van der Waals surface area contributed by atoms with Crippen LogP contribution in [0, 0.1) is 5.82 Å². The highest BCUT2D eigenvalue weighted by molar-refractivity contribution is 6.30. The second-order valence-corrected chi connectivity index (χ2v) is 7.02. The summed E-state index contributed by atoms with van der Waals surface area (Å²) in [4.78, 5) is 12.7. The fraction of sp³-hybridized carbons (Fsp3) is 0.0870. The van der Waals surface area contributed by atoms with Crippen LogP contribution in [0.1, 0.15) is 29.5 Å². The number of para-hydroxylation sites is 1. The van der Waals surface area contributed by atoms with Crippen LogP contribution in [0.25, 0.3) is 5.76 Å². The third kappa shape index (κ3) is 3.16. The van der Waals surface area contributed by atoms with Gasteiger partial charge in [0, 0.05) is 33.2 Å². The molecule has 0 bridgehead atoms. The number of fused-ring (bicyclic) bond motifs is 2. The molecule has 0 spiro atoms. The summed E-state index contributed by atoms with van der Waals surface area (Å²) in [5.74, 6) is -0.308. The Morgan fingerprint density at radius 2 is 1.68 bits per heavy atom. The first-order valence-corrected chi connectivity index (χ1v) is 9.09. The van der Waals surface area contributed by atoms with Crippen molar-refractivity contribution in [2.75, 3.05) is 0 Å². The highest BCUT2D eigenvalue weighted by Crippen LogP contribution is 2.49. The average Bonchev–Trinajstić information content (AvgIpc) is 2.68. The summed E-state index contributed by atoms with van der Waals surface area (Å²) in [5, 5.41) is 11.5. The van der Waals surface area contributed by atoms with Crippen molar-refractivity contribution in [2.24, 2.45) is 0 Å². The van der Waals surface area contributed by atoms with Crippen LogP contribution in [-0.4, -0.2) is 10.9 Å². The lowest BCUT2D eigenvalue weighted by Crippen LogP contribution is -2.18. The van der Waals surface area contributed by atoms with Crippen LogP contribution in [0.2, 0.25) is 5.02 Å². The monoisotopic (exact) mass is 394 g/mol. The van der Waals surface area contributed by atoms with Gasteiger partial charge in [0.2, 0.25) is 0 Å². The minimum Gasteiger partial charge on any atom is -0.507 e. The molecule has 5 heteroatoms. The molecule has 0 aliphatic carbocycles. The number of halogens is 2. The molecule has 1 aliphatic heterocycles. The molecule has 3 aromatic carbocycles. The van der Waals surface area contributed by atoms with E-state index in [1.807, 2.05) is 24.3 Å². The van der Waals surface area contributed by atoms with Gasteiger partial charge >= 0.3 is 0 Å². The molecule has 0 saturated carbocycles. The summed E-state index contributed by atoms with van der Waals surface area (Å²) in [6.45, 7) is 1.40. The number of ketones is 1. The smallest absolute Gasteiger partial charge is 0.160 e. The van der Waals surface area contributed by atoms with Crippen LogP contribution < -0.4 is 4.74 Å². The summed E-state index contributed by atoms with van der Waals surface area (Å²) in [6, 6.07) is 17.9. The normalized spacial score (nSPS) is 15.8. The first kappa shape index (κ1) is 18.3. The van der Waals surface area contributed by atoms with E-state index in [2.05, 4.69) is 0 Å². The minimum atomic E-state index is -0.568. The van der Waals surface area contributed by atoms with Gasteiger partial charge in [-0.2, -0.15) is 0 Å². The van der Waals surface area contributed by atoms with Crippen LogP contribution in [-0.2, 0) is 4.79 Å². The zero-order chi connectivity index (χ0) is 19.8. The Morgan fingerprint density at radius 1 is 1.00 bits per heavy atom. The summed E-state index contributed by atoms with van der Waals surface area (Å²) >= 11 is 6.21. The maximum absolute atomic E-state index is 13.3. The van der Waals surface area contributed by atoms with E-state index in [1.54, 1.807) is 18.2 Å². The molecule has 0 saturated heterocycles. The summed E-state index contributed by atoms with van der Waals surface area (Å²) in [6.07, 6.45) is 0. The number of aliphatic hydroxyl groups is 1. The lowest BCUT2D eigenvalue weighted by atomic mass is 9.79. The van der Waals surface area contributed by atoms with E-state index in [-0.39, 0.29) is 17.1 Å². The maximum atomic E-state index is 13.3. The molecule has 1 aliphatic rings. The molecule has 1 atom stereocenters. The van der Waals surface area contributed by atoms with Crippen molar-refractivity contribution in [3.8, 4) is 11.5 Å². The first-order chi connectivity index (χ1) is 13.5. The van der Waals surface area contributed by atoms with E-state index < -0.39 is 11.7 Å². The average molecular weight is 395 g/mol. The second kappa shape index (κ2) is 7.13. The largest absolute Gasteiger partial charge is 0.507 e. The number of allylic oxidation sites excluding steroid dienone is 1. The number of hydrogen-bond acceptors (Lipinski definition) is 3. The van der Waals surface area contributed by atoms with E-state index in [1.165, 1.54) is 31.2 Å². The lowest BCUT2D eigenvalue weighted by molar-refractivity contribution is -0.113. The standard InChI is InChI=1S/C23H16ClFO3/c1-13(26)21(23(27)14-6-9-16(25)10-7-14)22-17-4-2-3-5-19(17)28-20-11-8-15(24)12-18(20)22/h2-12,22,27H,1H3/t22-/m1/s1. The molecule has 28 heavy (non-hydrogen) atoms. The van der Waals surface area contributed by atoms with Gasteiger partial charge in [0.05, 0.1) is 0 Å². The Balaban J connectivity index is 1.99. The van der Waals surface area contributed by atoms with Crippen LogP contribution in [0.5, 0.6) is 11.5 Å². The Hall–Kier alpha value is -3.11. The Labute approximate surface area is 166 Å². The van der Waals surface area contributed by atoms with Crippen LogP contribution >= 0.6 is 11.6 Å². The van der Waals surface area contributed by atoms with Gasteiger partial charge in [-0.3, -0.25) is 4.79 Å². The Bertz CT molecular complexity index is 1100. The Morgan fingerprint density at radius 3 is 2.39 bits per heavy atom. The van der Waals surface area contributed by atoms with Gasteiger partial charge in [0.25, 0.3) is 0 Å². The molecule has 0 unspecified atom stereocenters. The summed E-state index contributed by atoms with van der Waals surface area (Å²) in [7, 11) is 0. The fourth-order valence-electron chi connectivity index (χ4n) is 3.52. The lowest BCUT2D eigenvalue weighted by Gasteiger charge is -2.30. The van der Waals surface area contributed by atoms with Crippen LogP contribution in [0.15, 0.2) is 72.3 Å². The van der Waals surface area contributed by atoms with E-state index >= 15 is 0 Å². The fourth-order valence-corrected chi connectivity index (χ4v) is 3.70. The quantitative estimate of drug-likeness (QED) is 0.420. The van der Waals surface area contributed by atoms with Crippen molar-refractivity contribution >= 4 is 23.1 Å². The van der Waals surface area contributed by atoms with Crippen molar-refractivity contribution in [1.82, 2.24) is 0 Å². The van der Waals surface area contributed by atoms with Gasteiger partial charge in [-0.1, -0.05) is 29.8 Å². The topological polar surface area (TPSA) is 46.5 Å². The highest BCUT2D eigenvalue weighted by Gasteiger charge is 2.34. The molecule has 3 nitrogen and oxygen atoms in total. The Kier molecular flexibility index (Phi) is 4.65. The van der Waals surface area contributed by atoms with Gasteiger partial charge in [-0.15, -0.1) is 0 Å². The van der Waals surface area contributed by atoms with Gasteiger partial charge in [-0.25, -0.2) is 4.39 Å². The summed E-state index contributed by atoms with van der Waals surface area (Å²) < 4.78 is 19.3. The number of carbonyl (C=O) groups excluding carboxylic acids is 1. The SMILES string of the molecule is CC(=O)C(=C(O)c1ccc(F)cc1)[C@@H]1c2ccccc2Oc2ccc(Cl)cc21. The number of Topliss-reactive ketones (excluding diaryl/α,β-unsaturated/α-hetero) is 1. The molecule has 0 radical (unpaired) electrons. The first-order valence-electron chi connectivity index (χ1n) is 8.72. The van der Waals surface area contributed by atoms with E-state index in [9.17, 15) is 14.3 Å². The summed E-state index contributed by atoms with van der Waals surface area (Å²) in [5.41, 5.74) is 1.99. The zero-order valence-electron chi connectivity index (χ0n) is 14.9. The maximum Gasteiger partial charge on any atom is 0.160 e. The third-order valence-corrected chi connectivity index (χ3v) is 5.01. The zero-order valence-corrected chi connectivity index (χ0v) is 15.7. The molecule has 3 aromatic rings. The molecule has 1 heterocycles. The molecule has 4 rings (SSSR count). The predicted octanol–water partition coefficient (Wildman–Crippen LogP) is 6.28. The van der Waals surface area contributed by atoms with Crippen molar-refractivity contribution in [3.63, 3.8) is 0 Å². The molecule has 1 N–H and O–H groups in total. The van der Waals surface area contributed by atoms with Crippen molar-refractivity contribution in [1.29, 1.82) is 0 Å². The highest BCUT2D eigenvalue weighted by atomic mass is 35.5. The number of rotatable bonds is 3. The number of ether oxygens (including phenoxy) is 1. The van der Waals surface area contributed by atoms with Gasteiger partial charge in [-0.05, 0) is 55.5 Å². The second-order valence-electron chi connectivity index (χ2n) is 6.58. The van der Waals surface area contributed by atoms with E-state index in [0.29, 0.717) is 27.6 Å². The van der Waals surface area contributed by atoms with Crippen molar-refractivity contribution < 1.29 is 19.0 Å². The molecule has 0 amide bonds.